The molecule has 21 heavy (non-hydrogen) atoms. The topological polar surface area (TPSA) is 18.5 Å². The third kappa shape index (κ3) is 4.99. The first-order valence-electron chi connectivity index (χ1n) is 7.29. The lowest BCUT2D eigenvalue weighted by molar-refractivity contribution is 0.174. The molecule has 0 bridgehead atoms. The second kappa shape index (κ2) is 8.18. The molecule has 116 valence electrons. The van der Waals surface area contributed by atoms with Crippen LogP contribution >= 0.6 is 35.4 Å². The van der Waals surface area contributed by atoms with Crippen LogP contribution in [0, 0.1) is 0 Å². The average Bonchev–Trinajstić information content (AvgIpc) is 2.49. The van der Waals surface area contributed by atoms with Gasteiger partial charge in [0.25, 0.3) is 0 Å². The first-order valence-corrected chi connectivity index (χ1v) is 8.45. The van der Waals surface area contributed by atoms with E-state index in [-0.39, 0.29) is 0 Å². The fourth-order valence-electron chi connectivity index (χ4n) is 2.35. The van der Waals surface area contributed by atoms with Gasteiger partial charge in [0.15, 0.2) is 5.11 Å². The average molecular weight is 346 g/mol. The number of rotatable bonds is 4. The molecule has 0 saturated carbocycles. The minimum Gasteiger partial charge on any atom is -0.363 e. The molecular weight excluding hydrogens is 325 g/mol. The van der Waals surface area contributed by atoms with E-state index in [2.05, 4.69) is 22.0 Å². The summed E-state index contributed by atoms with van der Waals surface area (Å²) in [6, 6.07) is 5.84. The fourth-order valence-corrected chi connectivity index (χ4v) is 2.95. The lowest BCUT2D eigenvalue weighted by Gasteiger charge is -2.36. The molecule has 1 heterocycles. The van der Waals surface area contributed by atoms with Gasteiger partial charge in [0.1, 0.15) is 0 Å². The Morgan fingerprint density at radius 2 is 1.90 bits per heavy atom. The Morgan fingerprint density at radius 1 is 1.19 bits per heavy atom. The number of hydrogen-bond donors (Lipinski definition) is 1. The van der Waals surface area contributed by atoms with Crippen LogP contribution in [0.4, 0.5) is 0 Å². The van der Waals surface area contributed by atoms with Gasteiger partial charge in [-0.1, -0.05) is 36.2 Å². The Kier molecular flexibility index (Phi) is 6.55. The van der Waals surface area contributed by atoms with Crippen LogP contribution in [-0.2, 0) is 6.54 Å². The highest BCUT2D eigenvalue weighted by Gasteiger charge is 2.18. The number of hydrogen-bond acceptors (Lipinski definition) is 2. The molecule has 0 atom stereocenters. The molecule has 1 aromatic rings. The zero-order valence-corrected chi connectivity index (χ0v) is 14.6. The maximum Gasteiger partial charge on any atom is 0.169 e. The van der Waals surface area contributed by atoms with Crippen molar-refractivity contribution in [2.75, 3.05) is 32.7 Å². The summed E-state index contributed by atoms with van der Waals surface area (Å²) in [5.74, 6) is 0. The molecule has 3 nitrogen and oxygen atoms in total. The van der Waals surface area contributed by atoms with Crippen molar-refractivity contribution in [3.05, 3.63) is 33.8 Å². The minimum absolute atomic E-state index is 0.609. The van der Waals surface area contributed by atoms with Crippen LogP contribution in [0.25, 0.3) is 0 Å². The monoisotopic (exact) mass is 345 g/mol. The van der Waals surface area contributed by atoms with E-state index in [0.29, 0.717) is 10.0 Å². The van der Waals surface area contributed by atoms with Gasteiger partial charge >= 0.3 is 0 Å². The largest absolute Gasteiger partial charge is 0.363 e. The van der Waals surface area contributed by atoms with Crippen LogP contribution in [0.3, 0.4) is 0 Å². The first kappa shape index (κ1) is 16.8. The highest BCUT2D eigenvalue weighted by atomic mass is 35.5. The smallest absolute Gasteiger partial charge is 0.169 e. The molecule has 0 amide bonds. The summed E-state index contributed by atoms with van der Waals surface area (Å²) < 4.78 is 0. The number of piperazine rings is 1. The molecule has 0 aliphatic carbocycles. The molecule has 1 fully saturated rings. The second-order valence-corrected chi connectivity index (χ2v) is 6.44. The normalized spacial score (nSPS) is 16.0. The molecule has 2 rings (SSSR count). The third-order valence-corrected chi connectivity index (χ3v) is 4.72. The molecule has 6 heteroatoms. The summed E-state index contributed by atoms with van der Waals surface area (Å²) in [5, 5.41) is 5.40. The molecule has 1 aromatic carbocycles. The van der Waals surface area contributed by atoms with Crippen molar-refractivity contribution >= 4 is 40.5 Å². The van der Waals surface area contributed by atoms with Crippen LogP contribution in [0.15, 0.2) is 18.2 Å². The van der Waals surface area contributed by atoms with Gasteiger partial charge < -0.3 is 10.2 Å². The van der Waals surface area contributed by atoms with Crippen LogP contribution in [0.1, 0.15) is 18.9 Å². The Bertz CT molecular complexity index is 488. The molecule has 1 aliphatic heterocycles. The van der Waals surface area contributed by atoms with E-state index in [1.807, 2.05) is 18.2 Å². The minimum atomic E-state index is 0.609. The van der Waals surface area contributed by atoms with Crippen molar-refractivity contribution in [1.29, 1.82) is 0 Å². The fraction of sp³-hybridized carbons (Fsp3) is 0.533. The molecule has 1 N–H and O–H groups in total. The molecule has 0 unspecified atom stereocenters. The number of thiocarbonyl (C=S) groups is 1. The van der Waals surface area contributed by atoms with Gasteiger partial charge in [-0.05, 0) is 36.3 Å². The van der Waals surface area contributed by atoms with Crippen molar-refractivity contribution in [1.82, 2.24) is 15.1 Å². The van der Waals surface area contributed by atoms with E-state index in [1.165, 1.54) is 5.56 Å². The van der Waals surface area contributed by atoms with Gasteiger partial charge in [-0.2, -0.15) is 0 Å². The Morgan fingerprint density at radius 3 is 2.52 bits per heavy atom. The van der Waals surface area contributed by atoms with Crippen molar-refractivity contribution in [3.8, 4) is 0 Å². The summed E-state index contributed by atoms with van der Waals surface area (Å²) in [4.78, 5) is 4.66. The molecule has 0 spiro atoms. The predicted molar refractivity (Wildman–Crippen MR) is 94.2 cm³/mol. The Hall–Kier alpha value is -0.550. The van der Waals surface area contributed by atoms with E-state index >= 15 is 0 Å². The van der Waals surface area contributed by atoms with Crippen molar-refractivity contribution in [2.24, 2.45) is 0 Å². The summed E-state index contributed by atoms with van der Waals surface area (Å²) >= 11 is 17.4. The third-order valence-electron chi connectivity index (χ3n) is 3.58. The molecule has 1 aliphatic rings. The van der Waals surface area contributed by atoms with Gasteiger partial charge in [-0.25, -0.2) is 0 Å². The van der Waals surface area contributed by atoms with Crippen LogP contribution in [-0.4, -0.2) is 47.6 Å². The van der Waals surface area contributed by atoms with E-state index in [1.54, 1.807) is 0 Å². The standard InChI is InChI=1S/C15H21Cl2N3S/c1-2-5-18-15(21)20-8-6-19(7-9-20)11-12-3-4-13(16)14(17)10-12/h3-4,10H,2,5-9,11H2,1H3,(H,18,21). The highest BCUT2D eigenvalue weighted by molar-refractivity contribution is 7.80. The van der Waals surface area contributed by atoms with Gasteiger partial charge in [0.2, 0.25) is 0 Å². The van der Waals surface area contributed by atoms with Crippen molar-refractivity contribution in [2.45, 2.75) is 19.9 Å². The highest BCUT2D eigenvalue weighted by Crippen LogP contribution is 2.23. The first-order chi connectivity index (χ1) is 10.1. The van der Waals surface area contributed by atoms with E-state index < -0.39 is 0 Å². The van der Waals surface area contributed by atoms with Crippen LogP contribution < -0.4 is 5.32 Å². The quantitative estimate of drug-likeness (QED) is 0.842. The molecule has 1 saturated heterocycles. The van der Waals surface area contributed by atoms with E-state index in [4.69, 9.17) is 35.4 Å². The Labute approximate surface area is 142 Å². The van der Waals surface area contributed by atoms with E-state index in [9.17, 15) is 0 Å². The molecule has 0 radical (unpaired) electrons. The maximum absolute atomic E-state index is 6.06. The number of benzene rings is 1. The predicted octanol–water partition coefficient (Wildman–Crippen LogP) is 3.40. The number of halogens is 2. The van der Waals surface area contributed by atoms with Crippen LogP contribution in [0.5, 0.6) is 0 Å². The number of nitrogens with zero attached hydrogens (tertiary/aromatic N) is 2. The van der Waals surface area contributed by atoms with E-state index in [0.717, 1.165) is 50.8 Å². The summed E-state index contributed by atoms with van der Waals surface area (Å²) in [5.41, 5.74) is 1.20. The summed E-state index contributed by atoms with van der Waals surface area (Å²) in [6.45, 7) is 7.95. The molecule has 0 aromatic heterocycles. The van der Waals surface area contributed by atoms with Gasteiger partial charge in [0.05, 0.1) is 10.0 Å². The Balaban J connectivity index is 1.81. The second-order valence-electron chi connectivity index (χ2n) is 5.24. The van der Waals surface area contributed by atoms with Gasteiger partial charge in [0, 0.05) is 39.3 Å². The van der Waals surface area contributed by atoms with Crippen molar-refractivity contribution in [3.63, 3.8) is 0 Å². The number of nitrogens with one attached hydrogen (secondary N) is 1. The summed E-state index contributed by atoms with van der Waals surface area (Å²) in [7, 11) is 0. The SMILES string of the molecule is CCCNC(=S)N1CCN(Cc2ccc(Cl)c(Cl)c2)CC1. The zero-order valence-electron chi connectivity index (χ0n) is 12.2. The van der Waals surface area contributed by atoms with Gasteiger partial charge in [-0.15, -0.1) is 0 Å². The van der Waals surface area contributed by atoms with Gasteiger partial charge in [-0.3, -0.25) is 4.90 Å². The maximum atomic E-state index is 6.06. The molecular formula is C15H21Cl2N3S. The van der Waals surface area contributed by atoms with Crippen LogP contribution in [0.2, 0.25) is 10.0 Å². The summed E-state index contributed by atoms with van der Waals surface area (Å²) in [6.07, 6.45) is 1.09. The lowest BCUT2D eigenvalue weighted by Crippen LogP contribution is -2.51. The zero-order chi connectivity index (χ0) is 15.2. The van der Waals surface area contributed by atoms with Crippen molar-refractivity contribution < 1.29 is 0 Å². The lowest BCUT2D eigenvalue weighted by atomic mass is 10.2.